The van der Waals surface area contributed by atoms with Crippen LogP contribution in [0.3, 0.4) is 0 Å². The van der Waals surface area contributed by atoms with Crippen molar-refractivity contribution in [3.63, 3.8) is 0 Å². The predicted molar refractivity (Wildman–Crippen MR) is 229 cm³/mol. The second-order valence-corrected chi connectivity index (χ2v) is 20.7. The molecule has 3 aliphatic heterocycles. The van der Waals surface area contributed by atoms with Gasteiger partial charge in [0.25, 0.3) is 5.92 Å². The van der Waals surface area contributed by atoms with Crippen molar-refractivity contribution in [2.24, 2.45) is 10.3 Å². The van der Waals surface area contributed by atoms with Gasteiger partial charge in [-0.25, -0.2) is 57.6 Å². The molecule has 65 heavy (non-hydrogen) atoms. The summed E-state index contributed by atoms with van der Waals surface area (Å²) in [7, 11) is -5.49. The highest BCUT2D eigenvalue weighted by Gasteiger charge is 2.45. The van der Waals surface area contributed by atoms with E-state index in [-0.39, 0.29) is 84.0 Å². The molecule has 0 amide bonds. The summed E-state index contributed by atoms with van der Waals surface area (Å²) < 4.78 is 146. The molecule has 2 aromatic heterocycles. The standard InChI is InChI=1S/C43H46F6N8O6S2/c1-22-13-27(41(50-21-22)33-19-36(52-62-33)56(3)26-17-25(18-26)54-64(4,58)59)39-31(46)15-24(16-32(39)47)40-23(2)14-28(38-29(44)7-6-8-30(38)45)42(51-40)34-20-37(53-63-34)57-11-9-35(55-65(5,60)61)43(48,49)10-12-57/h6-8,13-16,21,25-26,33-35,54-55H,9-12,17-20H2,1-5H3/t25-,26+,33?,34?,35-/m1/s1. The number of amidine groups is 2. The zero-order valence-corrected chi connectivity index (χ0v) is 37.5. The molecule has 0 bridgehead atoms. The Labute approximate surface area is 372 Å². The lowest BCUT2D eigenvalue weighted by Gasteiger charge is -2.41. The van der Waals surface area contributed by atoms with E-state index >= 15 is 26.3 Å². The number of nitrogens with one attached hydrogen (secondary N) is 2. The number of benzene rings is 2. The number of alkyl halides is 2. The zero-order valence-electron chi connectivity index (χ0n) is 35.9. The van der Waals surface area contributed by atoms with E-state index in [1.165, 1.54) is 17.0 Å². The van der Waals surface area contributed by atoms with Crippen molar-refractivity contribution in [2.45, 2.75) is 88.6 Å². The second kappa shape index (κ2) is 17.5. The SMILES string of the molecule is Cc1cnc(C2CC(N(C)[C@H]3C[C@@H](NS(C)(=O)=O)C3)=NO2)c(-c2c(F)cc(-c3nc(C4CC(N5CC[C@@H](NS(C)(=O)=O)C(F)(F)CC5)=NO4)c(-c4c(F)cccc4F)cc3C)cc2F)c1. The molecule has 22 heteroatoms. The minimum absolute atomic E-state index is 0.00768. The Morgan fingerprint density at radius 3 is 2.08 bits per heavy atom. The van der Waals surface area contributed by atoms with Crippen LogP contribution in [-0.4, -0.2) is 105 Å². The Bertz CT molecular complexity index is 2790. The maximum absolute atomic E-state index is 16.6. The molecule has 2 fully saturated rings. The molecule has 5 heterocycles. The normalized spacial score (nSPS) is 23.2. The van der Waals surface area contributed by atoms with Crippen LogP contribution in [0.25, 0.3) is 33.5 Å². The summed E-state index contributed by atoms with van der Waals surface area (Å²) in [5.74, 6) is -6.38. The van der Waals surface area contributed by atoms with Gasteiger partial charge in [0.05, 0.1) is 59.6 Å². The van der Waals surface area contributed by atoms with Gasteiger partial charge in [0, 0.05) is 61.5 Å². The van der Waals surface area contributed by atoms with Crippen molar-refractivity contribution >= 4 is 31.7 Å². The van der Waals surface area contributed by atoms with Gasteiger partial charge >= 0.3 is 0 Å². The summed E-state index contributed by atoms with van der Waals surface area (Å²) in [4.78, 5) is 24.3. The zero-order chi connectivity index (χ0) is 46.7. The lowest BCUT2D eigenvalue weighted by Crippen LogP contribution is -2.53. The molecule has 2 unspecified atom stereocenters. The molecule has 3 atom stereocenters. The van der Waals surface area contributed by atoms with Crippen LogP contribution in [0.4, 0.5) is 26.3 Å². The molecule has 4 aromatic rings. The third-order valence-corrected chi connectivity index (χ3v) is 13.6. The largest absolute Gasteiger partial charge is 0.384 e. The van der Waals surface area contributed by atoms with Crippen LogP contribution in [0.2, 0.25) is 0 Å². The number of sulfonamides is 2. The summed E-state index contributed by atoms with van der Waals surface area (Å²) in [5.41, 5.74) is 0.408. The highest BCUT2D eigenvalue weighted by molar-refractivity contribution is 7.89. The molecule has 348 valence electrons. The maximum atomic E-state index is 16.6. The first-order chi connectivity index (χ1) is 30.5. The molecule has 1 saturated carbocycles. The van der Waals surface area contributed by atoms with Crippen LogP contribution in [0.15, 0.2) is 59.0 Å². The summed E-state index contributed by atoms with van der Waals surface area (Å²) >= 11 is 0. The summed E-state index contributed by atoms with van der Waals surface area (Å²) in [6.07, 6.45) is 1.80. The number of hydrogen-bond acceptors (Lipinski definition) is 12. The van der Waals surface area contributed by atoms with Gasteiger partial charge in [-0.3, -0.25) is 4.98 Å². The van der Waals surface area contributed by atoms with Crippen molar-refractivity contribution in [3.05, 3.63) is 94.4 Å². The topological polar surface area (TPSA) is 168 Å². The minimum Gasteiger partial charge on any atom is -0.384 e. The number of aryl methyl sites for hydroxylation is 2. The average Bonchev–Trinajstić information content (AvgIpc) is 3.86. The Balaban J connectivity index is 1.08. The van der Waals surface area contributed by atoms with Gasteiger partial charge in [-0.1, -0.05) is 16.4 Å². The number of pyridine rings is 2. The Morgan fingerprint density at radius 2 is 1.42 bits per heavy atom. The van der Waals surface area contributed by atoms with Crippen molar-refractivity contribution < 1.29 is 52.9 Å². The number of halogens is 6. The van der Waals surface area contributed by atoms with Crippen molar-refractivity contribution in [2.75, 3.05) is 32.6 Å². The number of hydrogen-bond donors (Lipinski definition) is 2. The van der Waals surface area contributed by atoms with Gasteiger partial charge in [-0.15, -0.1) is 0 Å². The molecule has 14 nitrogen and oxygen atoms in total. The van der Waals surface area contributed by atoms with E-state index in [0.717, 1.165) is 36.8 Å². The monoisotopic (exact) mass is 948 g/mol. The lowest BCUT2D eigenvalue weighted by atomic mass is 9.86. The number of likely N-dealkylation sites (tertiary alicyclic amines) is 1. The van der Waals surface area contributed by atoms with Crippen LogP contribution in [0, 0.1) is 37.1 Å². The quantitative estimate of drug-likeness (QED) is 0.160. The molecule has 1 aliphatic carbocycles. The first-order valence-electron chi connectivity index (χ1n) is 20.7. The maximum Gasteiger partial charge on any atom is 0.265 e. The third-order valence-electron chi connectivity index (χ3n) is 12.1. The van der Waals surface area contributed by atoms with Crippen LogP contribution in [0.1, 0.15) is 73.2 Å². The third kappa shape index (κ3) is 9.80. The van der Waals surface area contributed by atoms with Crippen LogP contribution < -0.4 is 9.44 Å². The fraction of sp³-hybridized carbons (Fsp3) is 0.442. The first-order valence-corrected chi connectivity index (χ1v) is 24.5. The smallest absolute Gasteiger partial charge is 0.265 e. The van der Waals surface area contributed by atoms with Crippen LogP contribution in [0.5, 0.6) is 0 Å². The van der Waals surface area contributed by atoms with Gasteiger partial charge in [-0.2, -0.15) is 0 Å². The minimum atomic E-state index is -3.95. The van der Waals surface area contributed by atoms with E-state index in [0.29, 0.717) is 29.8 Å². The van der Waals surface area contributed by atoms with Gasteiger partial charge in [0.1, 0.15) is 34.9 Å². The molecule has 0 radical (unpaired) electrons. The Hall–Kier alpha value is -5.32. The van der Waals surface area contributed by atoms with E-state index < -0.39 is 85.0 Å². The number of rotatable bonds is 10. The molecule has 2 aromatic carbocycles. The fourth-order valence-electron chi connectivity index (χ4n) is 8.78. The molecule has 1 saturated heterocycles. The van der Waals surface area contributed by atoms with E-state index in [1.54, 1.807) is 26.1 Å². The number of oxime groups is 2. The predicted octanol–water partition coefficient (Wildman–Crippen LogP) is 6.86. The number of aromatic nitrogens is 2. The highest BCUT2D eigenvalue weighted by atomic mass is 32.2. The molecule has 4 aliphatic rings. The summed E-state index contributed by atoms with van der Waals surface area (Å²) in [6, 6.07) is 6.63. The lowest BCUT2D eigenvalue weighted by molar-refractivity contribution is -0.0337. The van der Waals surface area contributed by atoms with Crippen LogP contribution in [-0.2, 0) is 29.7 Å². The van der Waals surface area contributed by atoms with Crippen molar-refractivity contribution in [3.8, 4) is 33.5 Å². The molecule has 8 rings (SSSR count). The van der Waals surface area contributed by atoms with Gasteiger partial charge in [0.15, 0.2) is 12.2 Å². The van der Waals surface area contributed by atoms with Crippen LogP contribution >= 0.6 is 0 Å². The second-order valence-electron chi connectivity index (χ2n) is 17.1. The summed E-state index contributed by atoms with van der Waals surface area (Å²) in [6.45, 7) is 3.06. The molecule has 2 N–H and O–H groups in total. The number of nitrogens with zero attached hydrogens (tertiary/aromatic N) is 6. The highest BCUT2D eigenvalue weighted by Crippen LogP contribution is 2.43. The van der Waals surface area contributed by atoms with E-state index in [2.05, 4.69) is 20.0 Å². The molecular weight excluding hydrogens is 903 g/mol. The molecule has 0 spiro atoms. The van der Waals surface area contributed by atoms with Gasteiger partial charge < -0.3 is 19.5 Å². The van der Waals surface area contributed by atoms with Gasteiger partial charge in [-0.05, 0) is 80.6 Å². The van der Waals surface area contributed by atoms with E-state index in [9.17, 15) is 16.8 Å². The van der Waals surface area contributed by atoms with E-state index in [4.69, 9.17) is 14.7 Å². The van der Waals surface area contributed by atoms with Crippen molar-refractivity contribution in [1.29, 1.82) is 0 Å². The summed E-state index contributed by atoms with van der Waals surface area (Å²) in [5, 5.41) is 8.38. The van der Waals surface area contributed by atoms with E-state index in [1.807, 2.05) is 16.7 Å². The molecular formula is C43H46F6N8O6S2. The Kier molecular flexibility index (Phi) is 12.4. The Morgan fingerprint density at radius 1 is 0.800 bits per heavy atom. The fourth-order valence-corrected chi connectivity index (χ4v) is 10.4. The first kappa shape index (κ1) is 46.2. The van der Waals surface area contributed by atoms with Gasteiger partial charge in [0.2, 0.25) is 20.0 Å². The van der Waals surface area contributed by atoms with Crippen molar-refractivity contribution in [1.82, 2.24) is 29.2 Å². The average molecular weight is 949 g/mol.